The van der Waals surface area contributed by atoms with Crippen LogP contribution in [0.2, 0.25) is 0 Å². The minimum Gasteiger partial charge on any atom is -0.489 e. The molecule has 2 N–H and O–H groups in total. The maximum Gasteiger partial charge on any atom is 0.498 e. The van der Waals surface area contributed by atoms with E-state index in [1.807, 2.05) is 94.4 Å². The van der Waals surface area contributed by atoms with E-state index in [1.165, 1.54) is 0 Å². The van der Waals surface area contributed by atoms with Crippen LogP contribution in [0.1, 0.15) is 33.3 Å². The molecule has 1 heterocycles. The second-order valence-corrected chi connectivity index (χ2v) is 8.74. The van der Waals surface area contributed by atoms with E-state index in [2.05, 4.69) is 0 Å². The predicted octanol–water partition coefficient (Wildman–Crippen LogP) is 4.94. The van der Waals surface area contributed by atoms with Crippen LogP contribution in [0, 0.1) is 0 Å². The summed E-state index contributed by atoms with van der Waals surface area (Å²) in [4.78, 5) is 0. The quantitative estimate of drug-likeness (QED) is 0.455. The molecule has 0 spiro atoms. The molecule has 3 aromatic carbocycles. The zero-order chi connectivity index (χ0) is 22.1. The van der Waals surface area contributed by atoms with Gasteiger partial charge in [0, 0.05) is 17.2 Å². The zero-order valence-electron chi connectivity index (χ0n) is 18.4. The Labute approximate surface area is 184 Å². The first-order valence-corrected chi connectivity index (χ1v) is 10.4. The van der Waals surface area contributed by atoms with Gasteiger partial charge in [-0.3, -0.25) is 0 Å². The Bertz CT molecular complexity index is 1040. The fourth-order valence-electron chi connectivity index (χ4n) is 3.31. The zero-order valence-corrected chi connectivity index (χ0v) is 18.4. The van der Waals surface area contributed by atoms with Gasteiger partial charge in [-0.1, -0.05) is 36.4 Å². The lowest BCUT2D eigenvalue weighted by Gasteiger charge is -2.32. The smallest absolute Gasteiger partial charge is 0.489 e. The fourth-order valence-corrected chi connectivity index (χ4v) is 3.31. The van der Waals surface area contributed by atoms with Crippen molar-refractivity contribution in [2.75, 3.05) is 5.73 Å². The Morgan fingerprint density at radius 2 is 1.48 bits per heavy atom. The maximum absolute atomic E-state index is 6.21. The molecule has 4 rings (SSSR count). The van der Waals surface area contributed by atoms with Gasteiger partial charge in [-0.15, -0.1) is 0 Å². The van der Waals surface area contributed by atoms with Crippen molar-refractivity contribution in [2.24, 2.45) is 0 Å². The van der Waals surface area contributed by atoms with Crippen molar-refractivity contribution >= 4 is 18.3 Å². The number of benzene rings is 3. The van der Waals surface area contributed by atoms with Gasteiger partial charge in [0.15, 0.2) is 0 Å². The average molecular weight is 417 g/mol. The van der Waals surface area contributed by atoms with E-state index in [0.717, 1.165) is 16.8 Å². The van der Waals surface area contributed by atoms with E-state index >= 15 is 0 Å². The first-order valence-electron chi connectivity index (χ1n) is 10.4. The second kappa shape index (κ2) is 8.29. The molecule has 0 atom stereocenters. The molecule has 1 aliphatic rings. The van der Waals surface area contributed by atoms with Crippen LogP contribution < -0.4 is 20.7 Å². The lowest BCUT2D eigenvalue weighted by Crippen LogP contribution is -2.41. The number of hydrogen-bond donors (Lipinski definition) is 1. The lowest BCUT2D eigenvalue weighted by atomic mass is 9.78. The van der Waals surface area contributed by atoms with Gasteiger partial charge in [-0.25, -0.2) is 0 Å². The molecule has 0 saturated carbocycles. The van der Waals surface area contributed by atoms with Crippen LogP contribution in [-0.2, 0) is 15.9 Å². The molecule has 6 heteroatoms. The average Bonchev–Trinajstić information content (AvgIpc) is 2.96. The molecule has 0 radical (unpaired) electrons. The van der Waals surface area contributed by atoms with Gasteiger partial charge in [0.25, 0.3) is 0 Å². The van der Waals surface area contributed by atoms with E-state index in [9.17, 15) is 0 Å². The number of anilines is 1. The number of rotatable bonds is 6. The predicted molar refractivity (Wildman–Crippen MR) is 124 cm³/mol. The normalized spacial score (nSPS) is 16.8. The Hall–Kier alpha value is -2.96. The van der Waals surface area contributed by atoms with Crippen LogP contribution in [0.3, 0.4) is 0 Å². The number of nitrogen functional groups attached to an aromatic ring is 1. The summed E-state index contributed by atoms with van der Waals surface area (Å²) in [6.45, 7) is 8.58. The summed E-state index contributed by atoms with van der Waals surface area (Å²) in [5, 5.41) is 0. The molecule has 1 aliphatic heterocycles. The molecule has 31 heavy (non-hydrogen) atoms. The maximum atomic E-state index is 6.21. The standard InChI is InChI=1S/C25H28BNO4/c1-24(2)25(3,4)31-26(30-24)22-15-19(27)13-14-23(22)29-21-12-8-11-20(16-21)28-17-18-9-6-5-7-10-18/h5-16H,17,27H2,1-4H3. The highest BCUT2D eigenvalue weighted by molar-refractivity contribution is 6.63. The summed E-state index contributed by atoms with van der Waals surface area (Å²) in [6, 6.07) is 23.1. The highest BCUT2D eigenvalue weighted by atomic mass is 16.7. The van der Waals surface area contributed by atoms with Gasteiger partial charge >= 0.3 is 7.12 Å². The van der Waals surface area contributed by atoms with Gasteiger partial charge in [0.2, 0.25) is 0 Å². The van der Waals surface area contributed by atoms with Gasteiger partial charge < -0.3 is 24.5 Å². The van der Waals surface area contributed by atoms with Crippen LogP contribution in [0.5, 0.6) is 17.2 Å². The first-order chi connectivity index (χ1) is 14.7. The molecule has 0 aromatic heterocycles. The Morgan fingerprint density at radius 3 is 2.19 bits per heavy atom. The monoisotopic (exact) mass is 417 g/mol. The van der Waals surface area contributed by atoms with Crippen molar-refractivity contribution in [1.29, 1.82) is 0 Å². The Morgan fingerprint density at radius 1 is 0.806 bits per heavy atom. The molecule has 1 saturated heterocycles. The van der Waals surface area contributed by atoms with E-state index < -0.39 is 18.3 Å². The summed E-state index contributed by atoms with van der Waals surface area (Å²) in [6.07, 6.45) is 0. The lowest BCUT2D eigenvalue weighted by molar-refractivity contribution is 0.00578. The summed E-state index contributed by atoms with van der Waals surface area (Å²) in [7, 11) is -0.569. The molecule has 3 aromatic rings. The molecule has 0 unspecified atom stereocenters. The van der Waals surface area contributed by atoms with E-state index in [1.54, 1.807) is 6.07 Å². The third kappa shape index (κ3) is 4.71. The van der Waals surface area contributed by atoms with Crippen molar-refractivity contribution in [3.63, 3.8) is 0 Å². The van der Waals surface area contributed by atoms with Gasteiger partial charge in [-0.2, -0.15) is 0 Å². The van der Waals surface area contributed by atoms with Crippen LogP contribution in [0.15, 0.2) is 72.8 Å². The summed E-state index contributed by atoms with van der Waals surface area (Å²) in [5.74, 6) is 2.02. The van der Waals surface area contributed by atoms with Crippen molar-refractivity contribution in [1.82, 2.24) is 0 Å². The van der Waals surface area contributed by atoms with Crippen LogP contribution in [0.4, 0.5) is 5.69 Å². The number of ether oxygens (including phenoxy) is 2. The molecule has 0 aliphatic carbocycles. The number of nitrogens with two attached hydrogens (primary N) is 1. The molecule has 0 amide bonds. The Balaban J connectivity index is 1.54. The number of hydrogen-bond acceptors (Lipinski definition) is 5. The molecule has 160 valence electrons. The van der Waals surface area contributed by atoms with Gasteiger partial charge in [0.1, 0.15) is 23.9 Å². The van der Waals surface area contributed by atoms with Gasteiger partial charge in [0.05, 0.1) is 11.2 Å². The molecular formula is C25H28BNO4. The van der Waals surface area contributed by atoms with Crippen molar-refractivity contribution < 1.29 is 18.8 Å². The molecule has 5 nitrogen and oxygen atoms in total. The van der Waals surface area contributed by atoms with E-state index in [4.69, 9.17) is 24.5 Å². The van der Waals surface area contributed by atoms with Crippen LogP contribution in [-0.4, -0.2) is 18.3 Å². The topological polar surface area (TPSA) is 62.9 Å². The third-order valence-corrected chi connectivity index (χ3v) is 5.82. The highest BCUT2D eigenvalue weighted by Gasteiger charge is 2.52. The first kappa shape index (κ1) is 21.3. The van der Waals surface area contributed by atoms with Crippen molar-refractivity contribution in [3.8, 4) is 17.2 Å². The van der Waals surface area contributed by atoms with Crippen LogP contribution >= 0.6 is 0 Å². The highest BCUT2D eigenvalue weighted by Crippen LogP contribution is 2.38. The SMILES string of the molecule is CC1(C)OB(c2cc(N)ccc2Oc2cccc(OCc3ccccc3)c2)OC1(C)C. The summed E-state index contributed by atoms with van der Waals surface area (Å²) < 4.78 is 24.6. The minimum absolute atomic E-state index is 0.454. The second-order valence-electron chi connectivity index (χ2n) is 8.74. The van der Waals surface area contributed by atoms with E-state index in [-0.39, 0.29) is 0 Å². The van der Waals surface area contributed by atoms with Crippen LogP contribution in [0.25, 0.3) is 0 Å². The third-order valence-electron chi connectivity index (χ3n) is 5.82. The molecule has 0 bridgehead atoms. The van der Waals surface area contributed by atoms with Gasteiger partial charge in [-0.05, 0) is 63.6 Å². The Kier molecular flexibility index (Phi) is 5.69. The minimum atomic E-state index is -0.569. The molecular weight excluding hydrogens is 389 g/mol. The largest absolute Gasteiger partial charge is 0.498 e. The molecule has 1 fully saturated rings. The van der Waals surface area contributed by atoms with Crippen molar-refractivity contribution in [3.05, 3.63) is 78.4 Å². The van der Waals surface area contributed by atoms with Crippen molar-refractivity contribution in [2.45, 2.75) is 45.5 Å². The van der Waals surface area contributed by atoms with E-state index in [0.29, 0.717) is 23.8 Å². The summed E-state index contributed by atoms with van der Waals surface area (Å²) in [5.41, 5.74) is 7.64. The summed E-state index contributed by atoms with van der Waals surface area (Å²) >= 11 is 0. The fraction of sp³-hybridized carbons (Fsp3) is 0.280.